The fraction of sp³-hybridized carbons (Fsp3) is 0.219. The van der Waals surface area contributed by atoms with E-state index < -0.39 is 10.0 Å². The third-order valence-corrected chi connectivity index (χ3v) is 10.2. The van der Waals surface area contributed by atoms with Gasteiger partial charge in [0.25, 0.3) is 0 Å². The van der Waals surface area contributed by atoms with Crippen LogP contribution in [0.3, 0.4) is 0 Å². The van der Waals surface area contributed by atoms with Crippen molar-refractivity contribution in [3.63, 3.8) is 0 Å². The lowest BCUT2D eigenvalue weighted by atomic mass is 9.85. The van der Waals surface area contributed by atoms with Gasteiger partial charge in [0, 0.05) is 46.5 Å². The van der Waals surface area contributed by atoms with Crippen LogP contribution in [0.2, 0.25) is 10.0 Å². The van der Waals surface area contributed by atoms with Crippen LogP contribution in [-0.2, 0) is 10.0 Å². The average molecular weight is 622 g/mol. The fourth-order valence-electron chi connectivity index (χ4n) is 5.55. The van der Waals surface area contributed by atoms with Crippen molar-refractivity contribution < 1.29 is 13.2 Å². The Kier molecular flexibility index (Phi) is 8.14. The maximum Gasteiger partial charge on any atom is 0.243 e. The highest BCUT2D eigenvalue weighted by Gasteiger charge is 2.30. The smallest absolute Gasteiger partial charge is 0.243 e. The van der Waals surface area contributed by atoms with Gasteiger partial charge in [-0.2, -0.15) is 9.40 Å². The molecule has 10 heteroatoms. The van der Waals surface area contributed by atoms with Crippen LogP contribution in [0.4, 0.5) is 5.82 Å². The molecular formula is C32H30Cl2N4O3S. The number of nitrogens with zero attached hydrogens (tertiary/aromatic N) is 2. The molecule has 0 spiro atoms. The van der Waals surface area contributed by atoms with Gasteiger partial charge in [0.15, 0.2) is 5.82 Å². The predicted octanol–water partition coefficient (Wildman–Crippen LogP) is 7.32. The number of sulfonamides is 1. The van der Waals surface area contributed by atoms with Gasteiger partial charge >= 0.3 is 0 Å². The van der Waals surface area contributed by atoms with Crippen LogP contribution >= 0.6 is 23.2 Å². The minimum Gasteiger partial charge on any atom is -0.497 e. The number of anilines is 1. The molecule has 0 bridgehead atoms. The molecule has 216 valence electrons. The molecule has 2 N–H and O–H groups in total. The number of hydrogen-bond acceptors (Lipinski definition) is 5. The SMILES string of the molecule is COc1cccc(S(=O)(=O)N2CCC(Nc3n[nH]c4ccc(C(c5ccc(Cl)cc5)c5ccc(Cl)cc5)cc34)CC2)c1. The first-order valence-electron chi connectivity index (χ1n) is 13.7. The summed E-state index contributed by atoms with van der Waals surface area (Å²) in [6, 6.07) is 28.8. The van der Waals surface area contributed by atoms with E-state index in [0.717, 1.165) is 33.4 Å². The molecule has 6 rings (SSSR count). The predicted molar refractivity (Wildman–Crippen MR) is 168 cm³/mol. The fourth-order valence-corrected chi connectivity index (χ4v) is 7.31. The molecule has 7 nitrogen and oxygen atoms in total. The Hall–Kier alpha value is -3.56. The van der Waals surface area contributed by atoms with Gasteiger partial charge in [0.05, 0.1) is 17.5 Å². The first-order chi connectivity index (χ1) is 20.3. The van der Waals surface area contributed by atoms with E-state index in [0.29, 0.717) is 41.7 Å². The molecule has 1 saturated heterocycles. The minimum absolute atomic E-state index is 0.0308. The monoisotopic (exact) mass is 620 g/mol. The summed E-state index contributed by atoms with van der Waals surface area (Å²) in [6.45, 7) is 0.833. The number of aromatic amines is 1. The number of methoxy groups -OCH3 is 1. The minimum atomic E-state index is -3.60. The highest BCUT2D eigenvalue weighted by atomic mass is 35.5. The third-order valence-electron chi connectivity index (χ3n) is 7.80. The Morgan fingerprint density at radius 1 is 0.881 bits per heavy atom. The van der Waals surface area contributed by atoms with Crippen LogP contribution in [0, 0.1) is 0 Å². The maximum atomic E-state index is 13.2. The lowest BCUT2D eigenvalue weighted by molar-refractivity contribution is 0.329. The third kappa shape index (κ3) is 5.85. The number of ether oxygens (including phenoxy) is 1. The second-order valence-corrected chi connectivity index (χ2v) is 13.2. The summed E-state index contributed by atoms with van der Waals surface area (Å²) in [5, 5.41) is 13.6. The quantitative estimate of drug-likeness (QED) is 0.177. The number of benzene rings is 4. The average Bonchev–Trinajstić information content (AvgIpc) is 3.41. The summed E-state index contributed by atoms with van der Waals surface area (Å²) in [4.78, 5) is 0.245. The van der Waals surface area contributed by atoms with Gasteiger partial charge in [-0.05, 0) is 78.1 Å². The van der Waals surface area contributed by atoms with Gasteiger partial charge in [-0.1, -0.05) is 59.6 Å². The highest BCUT2D eigenvalue weighted by Crippen LogP contribution is 2.36. The Labute approximate surface area is 255 Å². The van der Waals surface area contributed by atoms with Crippen molar-refractivity contribution in [2.24, 2.45) is 0 Å². The Morgan fingerprint density at radius 2 is 1.50 bits per heavy atom. The molecule has 2 heterocycles. The topological polar surface area (TPSA) is 87.3 Å². The molecule has 1 aliphatic rings. The van der Waals surface area contributed by atoms with Gasteiger partial charge in [-0.25, -0.2) is 8.42 Å². The number of piperidine rings is 1. The number of H-pyrrole nitrogens is 1. The summed E-state index contributed by atoms with van der Waals surface area (Å²) < 4.78 is 33.3. The van der Waals surface area contributed by atoms with Crippen molar-refractivity contribution in [3.8, 4) is 5.75 Å². The van der Waals surface area contributed by atoms with Crippen LogP contribution in [0.25, 0.3) is 10.9 Å². The summed E-state index contributed by atoms with van der Waals surface area (Å²) in [5.74, 6) is 1.25. The van der Waals surface area contributed by atoms with Crippen LogP contribution in [0.5, 0.6) is 5.75 Å². The summed E-state index contributed by atoms with van der Waals surface area (Å²) in [6.07, 6.45) is 1.32. The van der Waals surface area contributed by atoms with Crippen molar-refractivity contribution >= 4 is 49.9 Å². The molecule has 5 aromatic rings. The van der Waals surface area contributed by atoms with Gasteiger partial charge in [-0.3, -0.25) is 5.10 Å². The van der Waals surface area contributed by atoms with Gasteiger partial charge in [-0.15, -0.1) is 0 Å². The number of halogens is 2. The molecule has 0 aliphatic carbocycles. The molecule has 0 radical (unpaired) electrons. The summed E-state index contributed by atoms with van der Waals surface area (Å²) in [7, 11) is -2.07. The lowest BCUT2D eigenvalue weighted by Crippen LogP contribution is -2.42. The van der Waals surface area contributed by atoms with E-state index in [2.05, 4.69) is 27.6 Å². The van der Waals surface area contributed by atoms with Gasteiger partial charge in [0.2, 0.25) is 10.0 Å². The molecule has 0 amide bonds. The number of hydrogen-bond donors (Lipinski definition) is 2. The van der Waals surface area contributed by atoms with Crippen molar-refractivity contribution in [3.05, 3.63) is 118 Å². The number of rotatable bonds is 8. The number of aromatic nitrogens is 2. The number of fused-ring (bicyclic) bond motifs is 1. The zero-order chi connectivity index (χ0) is 29.3. The zero-order valence-electron chi connectivity index (χ0n) is 22.9. The van der Waals surface area contributed by atoms with Crippen LogP contribution in [0.1, 0.15) is 35.4 Å². The Bertz CT molecular complexity index is 1750. The van der Waals surface area contributed by atoms with Crippen LogP contribution in [-0.4, -0.2) is 49.2 Å². The van der Waals surface area contributed by atoms with Gasteiger partial charge in [0.1, 0.15) is 5.75 Å². The Balaban J connectivity index is 1.23. The molecule has 0 saturated carbocycles. The second-order valence-electron chi connectivity index (χ2n) is 10.4. The van der Waals surface area contributed by atoms with E-state index in [4.69, 9.17) is 27.9 Å². The lowest BCUT2D eigenvalue weighted by Gasteiger charge is -2.31. The van der Waals surface area contributed by atoms with Crippen molar-refractivity contribution in [2.75, 3.05) is 25.5 Å². The maximum absolute atomic E-state index is 13.2. The molecular weight excluding hydrogens is 591 g/mol. The van der Waals surface area contributed by atoms with Crippen LogP contribution < -0.4 is 10.1 Å². The standard InChI is InChI=1S/C32H30Cl2N4O3S/c1-41-27-3-2-4-28(20-27)42(39,40)38-17-15-26(16-18-38)35-32-29-19-23(9-14-30(29)36-37-32)31(21-5-10-24(33)11-6-21)22-7-12-25(34)13-8-22/h2-14,19-20,26,31H,15-18H2,1H3,(H2,35,36,37). The first-order valence-corrected chi connectivity index (χ1v) is 15.9. The van der Waals surface area contributed by atoms with Gasteiger partial charge < -0.3 is 10.1 Å². The van der Waals surface area contributed by atoms with Crippen LogP contribution in [0.15, 0.2) is 95.9 Å². The molecule has 42 heavy (non-hydrogen) atoms. The van der Waals surface area contributed by atoms with E-state index in [1.54, 1.807) is 28.6 Å². The summed E-state index contributed by atoms with van der Waals surface area (Å²) in [5.41, 5.74) is 4.26. The van der Waals surface area contributed by atoms with E-state index in [9.17, 15) is 8.42 Å². The van der Waals surface area contributed by atoms with Crippen molar-refractivity contribution in [1.29, 1.82) is 0 Å². The largest absolute Gasteiger partial charge is 0.497 e. The zero-order valence-corrected chi connectivity index (χ0v) is 25.3. The first kappa shape index (κ1) is 28.6. The molecule has 1 aliphatic heterocycles. The molecule has 0 unspecified atom stereocenters. The van der Waals surface area contributed by atoms with Crippen molar-refractivity contribution in [1.82, 2.24) is 14.5 Å². The number of nitrogens with one attached hydrogen (secondary N) is 2. The normalized spacial score (nSPS) is 14.9. The molecule has 1 fully saturated rings. The van der Waals surface area contributed by atoms with E-state index in [1.807, 2.05) is 54.6 Å². The van der Waals surface area contributed by atoms with Crippen molar-refractivity contribution in [2.45, 2.75) is 29.7 Å². The molecule has 4 aromatic carbocycles. The Morgan fingerprint density at radius 3 is 2.12 bits per heavy atom. The highest BCUT2D eigenvalue weighted by molar-refractivity contribution is 7.89. The second kappa shape index (κ2) is 12.0. The molecule has 1 aromatic heterocycles. The van der Waals surface area contributed by atoms with E-state index >= 15 is 0 Å². The van der Waals surface area contributed by atoms with E-state index in [-0.39, 0.29) is 16.9 Å². The van der Waals surface area contributed by atoms with E-state index in [1.165, 1.54) is 7.11 Å². The molecule has 0 atom stereocenters. The summed E-state index contributed by atoms with van der Waals surface area (Å²) >= 11 is 12.4.